The van der Waals surface area contributed by atoms with Crippen LogP contribution in [0.25, 0.3) is 0 Å². The van der Waals surface area contributed by atoms with Gasteiger partial charge in [0, 0.05) is 7.11 Å². The van der Waals surface area contributed by atoms with Gasteiger partial charge in [-0.1, -0.05) is 6.08 Å². The topological polar surface area (TPSA) is 38.7 Å². The molecule has 0 bridgehead atoms. The summed E-state index contributed by atoms with van der Waals surface area (Å²) >= 11 is 0. The molecule has 3 nitrogen and oxygen atoms in total. The molecule has 1 heterocycles. The van der Waals surface area contributed by atoms with Crippen molar-refractivity contribution in [1.29, 1.82) is 0 Å². The van der Waals surface area contributed by atoms with Crippen LogP contribution in [0, 0.1) is 0 Å². The van der Waals surface area contributed by atoms with Crippen molar-refractivity contribution >= 4 is 0 Å². The zero-order valence-corrected chi connectivity index (χ0v) is 5.33. The summed E-state index contributed by atoms with van der Waals surface area (Å²) in [5.41, 5.74) is 0. The molecule has 9 heavy (non-hydrogen) atoms. The minimum atomic E-state index is -0.847. The van der Waals surface area contributed by atoms with Crippen molar-refractivity contribution in [1.82, 2.24) is 0 Å². The van der Waals surface area contributed by atoms with Gasteiger partial charge in [-0.2, -0.15) is 0 Å². The van der Waals surface area contributed by atoms with Gasteiger partial charge in [0.05, 0.1) is 6.61 Å². The van der Waals surface area contributed by atoms with E-state index in [2.05, 4.69) is 0 Å². The molecule has 0 aromatic heterocycles. The van der Waals surface area contributed by atoms with E-state index in [4.69, 9.17) is 14.6 Å². The molecule has 0 saturated carbocycles. The molecule has 0 radical (unpaired) electrons. The highest BCUT2D eigenvalue weighted by Gasteiger charge is 2.29. The fourth-order valence-electron chi connectivity index (χ4n) is 0.755. The molecule has 1 unspecified atom stereocenters. The Kier molecular flexibility index (Phi) is 1.85. The predicted molar refractivity (Wildman–Crippen MR) is 31.9 cm³/mol. The lowest BCUT2D eigenvalue weighted by Crippen LogP contribution is -2.33. The molecule has 0 aliphatic carbocycles. The molecule has 0 aromatic rings. The van der Waals surface area contributed by atoms with Crippen LogP contribution in [-0.4, -0.2) is 31.2 Å². The molecule has 1 N–H and O–H groups in total. The van der Waals surface area contributed by atoms with E-state index in [1.165, 1.54) is 7.11 Å². The molecular formula is C6H10O3. The van der Waals surface area contributed by atoms with E-state index in [9.17, 15) is 0 Å². The second-order valence-electron chi connectivity index (χ2n) is 1.89. The van der Waals surface area contributed by atoms with Crippen molar-refractivity contribution < 1.29 is 14.6 Å². The Hall–Kier alpha value is -0.380. The van der Waals surface area contributed by atoms with Crippen molar-refractivity contribution in [3.8, 4) is 0 Å². The largest absolute Gasteiger partial charge is 0.390 e. The smallest absolute Gasteiger partial charge is 0.211 e. The zero-order valence-electron chi connectivity index (χ0n) is 5.33. The molecule has 0 spiro atoms. The summed E-state index contributed by atoms with van der Waals surface area (Å²) < 4.78 is 9.94. The lowest BCUT2D eigenvalue weighted by atomic mass is 10.3. The van der Waals surface area contributed by atoms with E-state index in [1.54, 1.807) is 6.08 Å². The Morgan fingerprint density at radius 3 is 2.89 bits per heavy atom. The fraction of sp³-hybridized carbons (Fsp3) is 0.667. The molecule has 1 rings (SSSR count). The predicted octanol–water partition coefficient (Wildman–Crippen LogP) is -0.0922. The van der Waals surface area contributed by atoms with Crippen molar-refractivity contribution in [3.05, 3.63) is 12.2 Å². The van der Waals surface area contributed by atoms with E-state index in [1.807, 2.05) is 6.08 Å². The number of aliphatic hydroxyl groups is 1. The van der Waals surface area contributed by atoms with Crippen LogP contribution in [0.1, 0.15) is 0 Å². The van der Waals surface area contributed by atoms with Crippen LogP contribution in [-0.2, 0) is 9.47 Å². The highest BCUT2D eigenvalue weighted by Crippen LogP contribution is 2.18. The third-order valence-corrected chi connectivity index (χ3v) is 1.36. The molecule has 0 fully saturated rings. The van der Waals surface area contributed by atoms with Crippen molar-refractivity contribution in [2.45, 2.75) is 5.79 Å². The summed E-state index contributed by atoms with van der Waals surface area (Å²) in [5.74, 6) is -0.847. The average Bonchev–Trinajstić information content (AvgIpc) is 2.36. The summed E-state index contributed by atoms with van der Waals surface area (Å²) in [6, 6.07) is 0. The van der Waals surface area contributed by atoms with Gasteiger partial charge in [0.25, 0.3) is 0 Å². The van der Waals surface area contributed by atoms with Crippen LogP contribution >= 0.6 is 0 Å². The maximum absolute atomic E-state index is 8.72. The summed E-state index contributed by atoms with van der Waals surface area (Å²) in [6.07, 6.45) is 3.53. The van der Waals surface area contributed by atoms with Gasteiger partial charge < -0.3 is 14.6 Å². The van der Waals surface area contributed by atoms with Crippen molar-refractivity contribution in [2.75, 3.05) is 20.3 Å². The highest BCUT2D eigenvalue weighted by atomic mass is 16.7. The average molecular weight is 130 g/mol. The summed E-state index contributed by atoms with van der Waals surface area (Å²) in [5, 5.41) is 8.72. The normalized spacial score (nSPS) is 33.6. The van der Waals surface area contributed by atoms with E-state index in [-0.39, 0.29) is 6.61 Å². The molecule has 52 valence electrons. The van der Waals surface area contributed by atoms with Gasteiger partial charge >= 0.3 is 0 Å². The quantitative estimate of drug-likeness (QED) is 0.531. The van der Waals surface area contributed by atoms with E-state index in [0.29, 0.717) is 6.61 Å². The van der Waals surface area contributed by atoms with Gasteiger partial charge in [0.2, 0.25) is 5.79 Å². The first-order valence-corrected chi connectivity index (χ1v) is 2.81. The standard InChI is InChI=1S/C6H10O3/c1-8-6(5-7)3-2-4-9-6/h2-3,7H,4-5H2,1H3. The first-order valence-electron chi connectivity index (χ1n) is 2.81. The van der Waals surface area contributed by atoms with Gasteiger partial charge in [-0.15, -0.1) is 0 Å². The molecule has 0 amide bonds. The van der Waals surface area contributed by atoms with Gasteiger partial charge in [-0.3, -0.25) is 0 Å². The summed E-state index contributed by atoms with van der Waals surface area (Å²) in [4.78, 5) is 0. The third-order valence-electron chi connectivity index (χ3n) is 1.36. The van der Waals surface area contributed by atoms with Crippen molar-refractivity contribution in [2.24, 2.45) is 0 Å². The number of ether oxygens (including phenoxy) is 2. The Labute approximate surface area is 53.9 Å². The first-order chi connectivity index (χ1) is 4.33. The molecule has 0 saturated heterocycles. The lowest BCUT2D eigenvalue weighted by Gasteiger charge is -2.21. The van der Waals surface area contributed by atoms with Gasteiger partial charge in [0.1, 0.15) is 6.61 Å². The Morgan fingerprint density at radius 1 is 1.89 bits per heavy atom. The van der Waals surface area contributed by atoms with Crippen LogP contribution in [0.3, 0.4) is 0 Å². The SMILES string of the molecule is COC1(CO)C=CCO1. The van der Waals surface area contributed by atoms with E-state index in [0.717, 1.165) is 0 Å². The lowest BCUT2D eigenvalue weighted by molar-refractivity contribution is -0.191. The van der Waals surface area contributed by atoms with Crippen LogP contribution in [0.2, 0.25) is 0 Å². The minimum Gasteiger partial charge on any atom is -0.390 e. The molecule has 1 aliphatic heterocycles. The number of rotatable bonds is 2. The monoisotopic (exact) mass is 130 g/mol. The summed E-state index contributed by atoms with van der Waals surface area (Å²) in [7, 11) is 1.51. The van der Waals surface area contributed by atoms with Gasteiger partial charge in [-0.25, -0.2) is 0 Å². The minimum absolute atomic E-state index is 0.125. The van der Waals surface area contributed by atoms with Gasteiger partial charge in [0.15, 0.2) is 0 Å². The fourth-order valence-corrected chi connectivity index (χ4v) is 0.755. The third kappa shape index (κ3) is 1.13. The highest BCUT2D eigenvalue weighted by molar-refractivity contribution is 5.01. The Balaban J connectivity index is 2.57. The second-order valence-corrected chi connectivity index (χ2v) is 1.89. The van der Waals surface area contributed by atoms with Crippen LogP contribution < -0.4 is 0 Å². The molecule has 0 aromatic carbocycles. The molecule has 1 aliphatic rings. The van der Waals surface area contributed by atoms with E-state index < -0.39 is 5.79 Å². The zero-order chi connectivity index (χ0) is 6.74. The number of hydrogen-bond donors (Lipinski definition) is 1. The van der Waals surface area contributed by atoms with E-state index >= 15 is 0 Å². The van der Waals surface area contributed by atoms with Crippen LogP contribution in [0.15, 0.2) is 12.2 Å². The molecule has 3 heteroatoms. The maximum Gasteiger partial charge on any atom is 0.211 e. The van der Waals surface area contributed by atoms with Crippen LogP contribution in [0.4, 0.5) is 0 Å². The summed E-state index contributed by atoms with van der Waals surface area (Å²) in [6.45, 7) is 0.397. The van der Waals surface area contributed by atoms with Gasteiger partial charge in [-0.05, 0) is 6.08 Å². The molecular weight excluding hydrogens is 120 g/mol. The number of methoxy groups -OCH3 is 1. The number of aliphatic hydroxyl groups excluding tert-OH is 1. The Morgan fingerprint density at radius 2 is 2.67 bits per heavy atom. The van der Waals surface area contributed by atoms with Crippen LogP contribution in [0.5, 0.6) is 0 Å². The molecule has 1 atom stereocenters. The Bertz CT molecular complexity index is 115. The number of hydrogen-bond acceptors (Lipinski definition) is 3. The second kappa shape index (κ2) is 2.47. The van der Waals surface area contributed by atoms with Crippen molar-refractivity contribution in [3.63, 3.8) is 0 Å². The first kappa shape index (κ1) is 6.74. The maximum atomic E-state index is 8.72.